The fraction of sp³-hybridized carbons (Fsp3) is 1.00. The number of hydrogen-bond donors (Lipinski definition) is 3. The van der Waals surface area contributed by atoms with Gasteiger partial charge in [-0.25, -0.2) is 4.89 Å². The van der Waals surface area contributed by atoms with E-state index in [1.165, 1.54) is 0 Å². The summed E-state index contributed by atoms with van der Waals surface area (Å²) >= 11 is 0. The first kappa shape index (κ1) is 26.7. The summed E-state index contributed by atoms with van der Waals surface area (Å²) in [6.45, 7) is 2.32. The van der Waals surface area contributed by atoms with E-state index in [1.54, 1.807) is 0 Å². The Bertz CT molecular complexity index is 559. The van der Waals surface area contributed by atoms with Gasteiger partial charge < -0.3 is 0 Å². The lowest BCUT2D eigenvalue weighted by Gasteiger charge is -2.22. The fourth-order valence-corrected chi connectivity index (χ4v) is 6.03. The molecule has 10 heteroatoms. The second-order valence-corrected chi connectivity index (χ2v) is 10.3. The summed E-state index contributed by atoms with van der Waals surface area (Å²) in [6.07, 6.45) is 8.72. The van der Waals surface area contributed by atoms with E-state index in [1.807, 2.05) is 0 Å². The fourth-order valence-electron chi connectivity index (χ4n) is 3.22. The maximum atomic E-state index is 11.7. The van der Waals surface area contributed by atoms with Crippen LogP contribution in [0.5, 0.6) is 0 Å². The van der Waals surface area contributed by atoms with E-state index in [0.717, 1.165) is 44.9 Å². The third-order valence-corrected chi connectivity index (χ3v) is 7.58. The van der Waals surface area contributed by atoms with Crippen LogP contribution in [0.2, 0.25) is 0 Å². The normalized spacial score (nSPS) is 15.0. The van der Waals surface area contributed by atoms with Crippen LogP contribution in [-0.4, -0.2) is 48.3 Å². The lowest BCUT2D eigenvalue weighted by molar-refractivity contribution is -0.242. The predicted molar refractivity (Wildman–Crippen MR) is 105 cm³/mol. The molecular formula is C17H36O8S2. The highest BCUT2D eigenvalue weighted by Crippen LogP contribution is 2.24. The largest absolute Gasteiger partial charge is 0.285 e. The molecule has 0 aliphatic heterocycles. The Morgan fingerprint density at radius 1 is 0.667 bits per heavy atom. The van der Waals surface area contributed by atoms with Gasteiger partial charge in [0.25, 0.3) is 20.2 Å². The maximum absolute atomic E-state index is 11.7. The number of hydrogen-bond acceptors (Lipinski definition) is 6. The van der Waals surface area contributed by atoms with Crippen molar-refractivity contribution in [2.45, 2.75) is 101 Å². The van der Waals surface area contributed by atoms with E-state index < -0.39 is 30.7 Å². The number of unbranched alkanes of at least 4 members (excludes halogenated alkanes) is 9. The van der Waals surface area contributed by atoms with Gasteiger partial charge in [-0.05, 0) is 19.3 Å². The van der Waals surface area contributed by atoms with E-state index in [-0.39, 0.29) is 19.4 Å². The Labute approximate surface area is 164 Å². The van der Waals surface area contributed by atoms with Gasteiger partial charge in [-0.2, -0.15) is 16.8 Å². The Morgan fingerprint density at radius 3 is 1.41 bits per heavy atom. The third-order valence-electron chi connectivity index (χ3n) is 4.75. The van der Waals surface area contributed by atoms with Gasteiger partial charge in [0.2, 0.25) is 0 Å². The molecule has 2 atom stereocenters. The van der Waals surface area contributed by atoms with Crippen LogP contribution >= 0.6 is 0 Å². The van der Waals surface area contributed by atoms with Crippen molar-refractivity contribution in [3.05, 3.63) is 0 Å². The summed E-state index contributed by atoms with van der Waals surface area (Å²) in [5.74, 6) is 0. The lowest BCUT2D eigenvalue weighted by atomic mass is 10.0. The van der Waals surface area contributed by atoms with E-state index in [9.17, 15) is 25.9 Å². The highest BCUT2D eigenvalue weighted by Gasteiger charge is 2.39. The van der Waals surface area contributed by atoms with Crippen LogP contribution in [0.25, 0.3) is 0 Å². The van der Waals surface area contributed by atoms with Crippen LogP contribution in [-0.2, 0) is 25.1 Å². The highest BCUT2D eigenvalue weighted by molar-refractivity contribution is 7.90. The first-order chi connectivity index (χ1) is 12.6. The molecule has 3 N–H and O–H groups in total. The van der Waals surface area contributed by atoms with Crippen LogP contribution < -0.4 is 0 Å². The molecule has 0 radical (unpaired) electrons. The SMILES string of the molecule is CCCCCCCCC(C(CCCCCCCOO)S(=O)(=O)O)S(=O)(=O)O. The monoisotopic (exact) mass is 432 g/mol. The van der Waals surface area contributed by atoms with Gasteiger partial charge in [0.1, 0.15) is 10.5 Å². The second-order valence-electron chi connectivity index (χ2n) is 7.05. The molecule has 2 unspecified atom stereocenters. The van der Waals surface area contributed by atoms with Crippen LogP contribution in [0.3, 0.4) is 0 Å². The Balaban J connectivity index is 4.66. The predicted octanol–water partition coefficient (Wildman–Crippen LogP) is 4.08. The first-order valence-electron chi connectivity index (χ1n) is 9.83. The Hall–Kier alpha value is -0.260. The molecule has 27 heavy (non-hydrogen) atoms. The molecule has 0 aromatic heterocycles. The standard InChI is InChI=1S/C17H36O8S2/c1-2-3-4-5-7-10-13-16(26(19,20)21)17(27(22,23)24)14-11-8-6-9-12-15-25-18/h16-18H,2-15H2,1H3,(H,19,20,21)(H,22,23,24). The summed E-state index contributed by atoms with van der Waals surface area (Å²) in [4.78, 5) is 3.96. The smallest absolute Gasteiger partial charge is 0.269 e. The lowest BCUT2D eigenvalue weighted by Crippen LogP contribution is -2.39. The van der Waals surface area contributed by atoms with Crippen molar-refractivity contribution in [1.82, 2.24) is 0 Å². The van der Waals surface area contributed by atoms with Crippen molar-refractivity contribution in [2.24, 2.45) is 0 Å². The molecule has 0 saturated carbocycles. The second kappa shape index (κ2) is 14.7. The average molecular weight is 433 g/mol. The average Bonchev–Trinajstić information content (AvgIpc) is 2.55. The van der Waals surface area contributed by atoms with Crippen molar-refractivity contribution < 1.29 is 36.1 Å². The van der Waals surface area contributed by atoms with Crippen LogP contribution in [0.4, 0.5) is 0 Å². The van der Waals surface area contributed by atoms with Crippen LogP contribution in [0.15, 0.2) is 0 Å². The van der Waals surface area contributed by atoms with Gasteiger partial charge in [-0.15, -0.1) is 0 Å². The summed E-state index contributed by atoms with van der Waals surface area (Å²) in [6, 6.07) is 0. The van der Waals surface area contributed by atoms with Crippen molar-refractivity contribution in [1.29, 1.82) is 0 Å². The minimum atomic E-state index is -4.59. The topological polar surface area (TPSA) is 138 Å². The number of rotatable bonds is 18. The summed E-state index contributed by atoms with van der Waals surface area (Å²) in [5, 5.41) is 5.22. The molecule has 0 rings (SSSR count). The summed E-state index contributed by atoms with van der Waals surface area (Å²) in [7, 11) is -9.18. The molecule has 0 saturated heterocycles. The Morgan fingerprint density at radius 2 is 1.04 bits per heavy atom. The van der Waals surface area contributed by atoms with Crippen molar-refractivity contribution >= 4 is 20.2 Å². The quantitative estimate of drug-likeness (QED) is 0.127. The maximum Gasteiger partial charge on any atom is 0.269 e. The van der Waals surface area contributed by atoms with Gasteiger partial charge in [0.15, 0.2) is 0 Å². The van der Waals surface area contributed by atoms with E-state index in [0.29, 0.717) is 25.7 Å². The van der Waals surface area contributed by atoms with E-state index >= 15 is 0 Å². The molecule has 0 bridgehead atoms. The van der Waals surface area contributed by atoms with Gasteiger partial charge in [-0.1, -0.05) is 71.1 Å². The molecular weight excluding hydrogens is 396 g/mol. The van der Waals surface area contributed by atoms with E-state index in [2.05, 4.69) is 11.8 Å². The summed E-state index contributed by atoms with van der Waals surface area (Å²) in [5.41, 5.74) is 0. The third kappa shape index (κ3) is 13.5. The minimum absolute atomic E-state index is 0.0171. The molecule has 0 aromatic rings. The molecule has 0 fully saturated rings. The molecule has 8 nitrogen and oxygen atoms in total. The van der Waals surface area contributed by atoms with E-state index in [4.69, 9.17) is 5.26 Å². The van der Waals surface area contributed by atoms with Gasteiger partial charge in [0.05, 0.1) is 6.61 Å². The zero-order valence-corrected chi connectivity index (χ0v) is 17.9. The molecule has 0 aliphatic rings. The highest BCUT2D eigenvalue weighted by atomic mass is 32.2. The molecule has 0 aliphatic carbocycles. The van der Waals surface area contributed by atoms with Gasteiger partial charge in [-0.3, -0.25) is 14.4 Å². The Kier molecular flexibility index (Phi) is 14.6. The van der Waals surface area contributed by atoms with Gasteiger partial charge in [0, 0.05) is 0 Å². The molecule has 0 heterocycles. The van der Waals surface area contributed by atoms with Crippen molar-refractivity contribution in [2.75, 3.05) is 6.61 Å². The molecule has 0 aromatic carbocycles. The van der Waals surface area contributed by atoms with Crippen molar-refractivity contribution in [3.8, 4) is 0 Å². The van der Waals surface area contributed by atoms with Gasteiger partial charge >= 0.3 is 0 Å². The molecule has 0 spiro atoms. The zero-order valence-electron chi connectivity index (χ0n) is 16.3. The van der Waals surface area contributed by atoms with Crippen LogP contribution in [0.1, 0.15) is 90.4 Å². The van der Waals surface area contributed by atoms with Crippen molar-refractivity contribution in [3.63, 3.8) is 0 Å². The summed E-state index contributed by atoms with van der Waals surface area (Å²) < 4.78 is 66.0. The molecule has 0 amide bonds. The first-order valence-corrected chi connectivity index (χ1v) is 12.8. The van der Waals surface area contributed by atoms with Crippen LogP contribution in [0, 0.1) is 0 Å². The molecule has 164 valence electrons. The minimum Gasteiger partial charge on any atom is -0.285 e. The zero-order chi connectivity index (χ0) is 20.8.